The van der Waals surface area contributed by atoms with Gasteiger partial charge in [-0.3, -0.25) is 4.79 Å². The number of carbonyl (C=O) groups excluding carboxylic acids is 1. The number of amides is 1. The monoisotopic (exact) mass is 289 g/mol. The van der Waals surface area contributed by atoms with Crippen molar-refractivity contribution in [1.82, 2.24) is 5.32 Å². The molecule has 0 saturated heterocycles. The summed E-state index contributed by atoms with van der Waals surface area (Å²) in [4.78, 5) is 12.0. The zero-order valence-corrected chi connectivity index (χ0v) is 11.9. The summed E-state index contributed by atoms with van der Waals surface area (Å²) in [6.07, 6.45) is 0.532. The Labute approximate surface area is 117 Å². The summed E-state index contributed by atoms with van der Waals surface area (Å²) in [6, 6.07) is 4.70. The second-order valence-corrected chi connectivity index (χ2v) is 5.28. The Hall–Kier alpha value is -0.770. The summed E-state index contributed by atoms with van der Waals surface area (Å²) in [6.45, 7) is 4.04. The third-order valence-electron chi connectivity index (χ3n) is 2.74. The molecule has 1 atom stereocenters. The molecule has 0 spiro atoms. The first kappa shape index (κ1) is 15.3. The van der Waals surface area contributed by atoms with E-state index in [1.807, 2.05) is 13.8 Å². The number of halogens is 2. The Morgan fingerprint density at radius 1 is 1.33 bits per heavy atom. The summed E-state index contributed by atoms with van der Waals surface area (Å²) in [5, 5.41) is 12.6. The lowest BCUT2D eigenvalue weighted by molar-refractivity contribution is 0.0916. The Kier molecular flexibility index (Phi) is 5.93. The number of hydrogen-bond acceptors (Lipinski definition) is 2. The molecule has 1 aromatic carbocycles. The first-order chi connectivity index (χ1) is 8.45. The van der Waals surface area contributed by atoms with Crippen LogP contribution in [0.25, 0.3) is 0 Å². The van der Waals surface area contributed by atoms with E-state index < -0.39 is 0 Å². The molecular formula is C13H17Cl2NO2. The Balaban J connectivity index is 2.77. The average Bonchev–Trinajstić information content (AvgIpc) is 2.31. The summed E-state index contributed by atoms with van der Waals surface area (Å²) >= 11 is 11.7. The molecule has 3 nitrogen and oxygen atoms in total. The molecule has 100 valence electrons. The van der Waals surface area contributed by atoms with Crippen LogP contribution >= 0.6 is 23.2 Å². The summed E-state index contributed by atoms with van der Waals surface area (Å²) < 4.78 is 0. The molecule has 2 N–H and O–H groups in total. The summed E-state index contributed by atoms with van der Waals surface area (Å²) in [7, 11) is 0. The van der Waals surface area contributed by atoms with Gasteiger partial charge in [0, 0.05) is 18.2 Å². The number of rotatable bonds is 5. The highest BCUT2D eigenvalue weighted by molar-refractivity contribution is 6.42. The Bertz CT molecular complexity index is 421. The van der Waals surface area contributed by atoms with Gasteiger partial charge in [-0.25, -0.2) is 0 Å². The molecule has 1 unspecified atom stereocenters. The van der Waals surface area contributed by atoms with Gasteiger partial charge in [0.05, 0.1) is 10.0 Å². The molecule has 0 heterocycles. The van der Waals surface area contributed by atoms with Crippen LogP contribution in [0.15, 0.2) is 18.2 Å². The topological polar surface area (TPSA) is 49.3 Å². The Morgan fingerprint density at radius 2 is 2.00 bits per heavy atom. The molecule has 0 bridgehead atoms. The highest BCUT2D eigenvalue weighted by Crippen LogP contribution is 2.22. The maximum Gasteiger partial charge on any atom is 0.251 e. The van der Waals surface area contributed by atoms with E-state index in [0.29, 0.717) is 22.0 Å². The largest absolute Gasteiger partial charge is 0.396 e. The van der Waals surface area contributed by atoms with Crippen LogP contribution in [-0.4, -0.2) is 23.7 Å². The normalized spacial score (nSPS) is 12.6. The van der Waals surface area contributed by atoms with Gasteiger partial charge in [0.2, 0.25) is 0 Å². The van der Waals surface area contributed by atoms with Crippen LogP contribution in [0.2, 0.25) is 10.0 Å². The maximum atomic E-state index is 12.0. The van der Waals surface area contributed by atoms with Crippen molar-refractivity contribution >= 4 is 29.1 Å². The Morgan fingerprint density at radius 3 is 2.50 bits per heavy atom. The molecule has 0 aromatic heterocycles. The average molecular weight is 290 g/mol. The zero-order chi connectivity index (χ0) is 13.7. The first-order valence-electron chi connectivity index (χ1n) is 5.82. The minimum atomic E-state index is -0.208. The molecule has 1 aromatic rings. The van der Waals surface area contributed by atoms with Gasteiger partial charge >= 0.3 is 0 Å². The quantitative estimate of drug-likeness (QED) is 0.875. The lowest BCUT2D eigenvalue weighted by Gasteiger charge is -2.21. The fourth-order valence-electron chi connectivity index (χ4n) is 1.60. The van der Waals surface area contributed by atoms with Crippen LogP contribution in [0, 0.1) is 5.92 Å². The van der Waals surface area contributed by atoms with Gasteiger partial charge in [-0.05, 0) is 30.5 Å². The highest BCUT2D eigenvalue weighted by atomic mass is 35.5. The van der Waals surface area contributed by atoms with E-state index in [1.165, 1.54) is 6.07 Å². The molecular weight excluding hydrogens is 273 g/mol. The minimum Gasteiger partial charge on any atom is -0.396 e. The highest BCUT2D eigenvalue weighted by Gasteiger charge is 2.17. The number of carbonyl (C=O) groups is 1. The van der Waals surface area contributed by atoms with E-state index in [4.69, 9.17) is 28.3 Å². The van der Waals surface area contributed by atoms with E-state index in [2.05, 4.69) is 5.32 Å². The molecule has 0 aliphatic rings. The lowest BCUT2D eigenvalue weighted by Crippen LogP contribution is -2.39. The van der Waals surface area contributed by atoms with Gasteiger partial charge in [0.25, 0.3) is 5.91 Å². The van der Waals surface area contributed by atoms with Gasteiger partial charge in [0.1, 0.15) is 0 Å². The molecule has 0 radical (unpaired) electrons. The van der Waals surface area contributed by atoms with Crippen LogP contribution < -0.4 is 5.32 Å². The minimum absolute atomic E-state index is 0.0461. The van der Waals surface area contributed by atoms with Crippen molar-refractivity contribution in [3.05, 3.63) is 33.8 Å². The molecule has 1 rings (SSSR count). The summed E-state index contributed by atoms with van der Waals surface area (Å²) in [5.74, 6) is 0.0459. The van der Waals surface area contributed by atoms with Gasteiger partial charge in [-0.2, -0.15) is 0 Å². The van der Waals surface area contributed by atoms with Crippen LogP contribution in [0.1, 0.15) is 30.6 Å². The molecule has 1 amide bonds. The van der Waals surface area contributed by atoms with Crippen LogP contribution in [0.4, 0.5) is 0 Å². The second-order valence-electron chi connectivity index (χ2n) is 4.47. The van der Waals surface area contributed by atoms with Crippen molar-refractivity contribution in [2.45, 2.75) is 26.3 Å². The van der Waals surface area contributed by atoms with Crippen molar-refractivity contribution in [3.8, 4) is 0 Å². The number of hydrogen-bond donors (Lipinski definition) is 2. The number of aliphatic hydroxyl groups is 1. The third-order valence-corrected chi connectivity index (χ3v) is 3.48. The van der Waals surface area contributed by atoms with Crippen molar-refractivity contribution in [3.63, 3.8) is 0 Å². The first-order valence-corrected chi connectivity index (χ1v) is 6.58. The van der Waals surface area contributed by atoms with Gasteiger partial charge in [-0.1, -0.05) is 37.0 Å². The van der Waals surface area contributed by atoms with Crippen LogP contribution in [0.3, 0.4) is 0 Å². The molecule has 5 heteroatoms. The summed E-state index contributed by atoms with van der Waals surface area (Å²) in [5.41, 5.74) is 0.466. The van der Waals surface area contributed by atoms with E-state index in [1.54, 1.807) is 12.1 Å². The second kappa shape index (κ2) is 6.98. The van der Waals surface area contributed by atoms with Crippen molar-refractivity contribution in [1.29, 1.82) is 0 Å². The smallest absolute Gasteiger partial charge is 0.251 e. The number of aliphatic hydroxyl groups excluding tert-OH is 1. The molecule has 18 heavy (non-hydrogen) atoms. The van der Waals surface area contributed by atoms with Crippen molar-refractivity contribution in [2.75, 3.05) is 6.61 Å². The standard InChI is InChI=1S/C13H17Cl2NO2/c1-8(2)12(5-6-17)16-13(18)9-3-4-10(14)11(15)7-9/h3-4,7-8,12,17H,5-6H2,1-2H3,(H,16,18). The third kappa shape index (κ3) is 4.16. The predicted octanol–water partition coefficient (Wildman–Crippen LogP) is 3.13. The molecule has 0 fully saturated rings. The van der Waals surface area contributed by atoms with E-state index in [-0.39, 0.29) is 24.5 Å². The van der Waals surface area contributed by atoms with Crippen molar-refractivity contribution < 1.29 is 9.90 Å². The van der Waals surface area contributed by atoms with E-state index in [0.717, 1.165) is 0 Å². The van der Waals surface area contributed by atoms with Gasteiger partial charge in [0.15, 0.2) is 0 Å². The molecule has 0 aliphatic carbocycles. The van der Waals surface area contributed by atoms with E-state index >= 15 is 0 Å². The zero-order valence-electron chi connectivity index (χ0n) is 10.4. The molecule has 0 saturated carbocycles. The van der Waals surface area contributed by atoms with E-state index in [9.17, 15) is 4.79 Å². The predicted molar refractivity (Wildman–Crippen MR) is 74.3 cm³/mol. The van der Waals surface area contributed by atoms with Crippen LogP contribution in [-0.2, 0) is 0 Å². The van der Waals surface area contributed by atoms with Gasteiger partial charge < -0.3 is 10.4 Å². The van der Waals surface area contributed by atoms with Gasteiger partial charge in [-0.15, -0.1) is 0 Å². The maximum absolute atomic E-state index is 12.0. The SMILES string of the molecule is CC(C)C(CCO)NC(=O)c1ccc(Cl)c(Cl)c1. The number of nitrogens with one attached hydrogen (secondary N) is 1. The van der Waals surface area contributed by atoms with Crippen molar-refractivity contribution in [2.24, 2.45) is 5.92 Å². The molecule has 0 aliphatic heterocycles. The number of benzene rings is 1. The fourth-order valence-corrected chi connectivity index (χ4v) is 1.90. The lowest BCUT2D eigenvalue weighted by atomic mass is 10.0. The van der Waals surface area contributed by atoms with Crippen LogP contribution in [0.5, 0.6) is 0 Å². The fraction of sp³-hybridized carbons (Fsp3) is 0.462.